The van der Waals surface area contributed by atoms with Crippen LogP contribution in [0.4, 0.5) is 5.69 Å². The highest BCUT2D eigenvalue weighted by molar-refractivity contribution is 7.80. The molecule has 32 heavy (non-hydrogen) atoms. The van der Waals surface area contributed by atoms with Gasteiger partial charge in [-0.05, 0) is 94.6 Å². The van der Waals surface area contributed by atoms with Gasteiger partial charge in [-0.3, -0.25) is 4.79 Å². The van der Waals surface area contributed by atoms with Gasteiger partial charge in [0.15, 0.2) is 5.11 Å². The zero-order valence-electron chi connectivity index (χ0n) is 19.5. The normalized spacial score (nSPS) is 11.1. The van der Waals surface area contributed by atoms with Crippen LogP contribution in [0, 0.1) is 13.8 Å². The number of nitrogens with one attached hydrogen (secondary N) is 2. The second-order valence-electron chi connectivity index (χ2n) is 8.28. The topological polar surface area (TPSA) is 60.6 Å². The number of fused-ring (bicyclic) bond motifs is 1. The number of hydrogen-bond donors (Lipinski definition) is 2. The summed E-state index contributed by atoms with van der Waals surface area (Å²) >= 11 is 5.73. The van der Waals surface area contributed by atoms with Crippen LogP contribution in [0.2, 0.25) is 0 Å². The molecule has 1 aromatic heterocycles. The van der Waals surface area contributed by atoms with Crippen LogP contribution in [0.25, 0.3) is 10.9 Å². The zero-order chi connectivity index (χ0) is 23.3. The van der Waals surface area contributed by atoms with Crippen LogP contribution in [-0.4, -0.2) is 53.7 Å². The van der Waals surface area contributed by atoms with Crippen LogP contribution in [0.5, 0.6) is 5.75 Å². The molecule has 0 unspecified atom stereocenters. The van der Waals surface area contributed by atoms with Gasteiger partial charge in [0.2, 0.25) is 0 Å². The highest BCUT2D eigenvalue weighted by Gasteiger charge is 2.15. The number of rotatable bonds is 8. The van der Waals surface area contributed by atoms with E-state index in [1.807, 2.05) is 69.2 Å². The molecule has 0 radical (unpaired) electrons. The average Bonchev–Trinajstić information content (AvgIpc) is 2.73. The smallest absolute Gasteiger partial charge is 0.253 e. The number of thiocarbonyl (C=S) groups is 1. The molecule has 0 atom stereocenters. The maximum atomic E-state index is 12.8. The van der Waals surface area contributed by atoms with Crippen molar-refractivity contribution in [3.8, 4) is 5.75 Å². The molecule has 0 aliphatic heterocycles. The Morgan fingerprint density at radius 3 is 2.47 bits per heavy atom. The average molecular weight is 453 g/mol. The SMILES string of the molecule is CCOc1ccc(NC(=S)N(CCN(C)C)Cc2cc3c(C)cc(C)cc3[nH]c2=O)cc1. The van der Waals surface area contributed by atoms with Gasteiger partial charge in [0, 0.05) is 35.2 Å². The van der Waals surface area contributed by atoms with Crippen molar-refractivity contribution in [3.05, 3.63) is 69.5 Å². The van der Waals surface area contributed by atoms with E-state index < -0.39 is 0 Å². The Kier molecular flexibility index (Phi) is 7.88. The van der Waals surface area contributed by atoms with Gasteiger partial charge in [-0.1, -0.05) is 6.07 Å². The molecule has 0 aliphatic rings. The summed E-state index contributed by atoms with van der Waals surface area (Å²) in [4.78, 5) is 20.0. The molecule has 3 aromatic rings. The minimum absolute atomic E-state index is 0.0822. The summed E-state index contributed by atoms with van der Waals surface area (Å²) in [6, 6.07) is 13.8. The van der Waals surface area contributed by atoms with Crippen LogP contribution in [0.15, 0.2) is 47.3 Å². The molecule has 0 spiro atoms. The molecule has 1 heterocycles. The number of benzene rings is 2. The summed E-state index contributed by atoms with van der Waals surface area (Å²) in [6.45, 7) is 8.63. The third-order valence-electron chi connectivity index (χ3n) is 5.27. The number of nitrogens with zero attached hydrogens (tertiary/aromatic N) is 2. The van der Waals surface area contributed by atoms with Gasteiger partial charge in [-0.2, -0.15) is 0 Å². The van der Waals surface area contributed by atoms with Gasteiger partial charge < -0.3 is 24.8 Å². The summed E-state index contributed by atoms with van der Waals surface area (Å²) in [6.07, 6.45) is 0. The van der Waals surface area contributed by atoms with Gasteiger partial charge >= 0.3 is 0 Å². The fraction of sp³-hybridized carbons (Fsp3) is 0.360. The standard InChI is InChI=1S/C25H32N4O2S/c1-6-31-21-9-7-20(8-10-21)26-25(32)29(12-11-28(4)5)16-19-15-22-18(3)13-17(2)14-23(22)27-24(19)30/h7-10,13-15H,6,11-12,16H2,1-5H3,(H,26,32)(H,27,30). The summed E-state index contributed by atoms with van der Waals surface area (Å²) in [5, 5.41) is 4.94. The minimum atomic E-state index is -0.0822. The van der Waals surface area contributed by atoms with E-state index >= 15 is 0 Å². The molecule has 0 saturated heterocycles. The van der Waals surface area contributed by atoms with Gasteiger partial charge in [0.05, 0.1) is 13.2 Å². The number of anilines is 1. The number of ether oxygens (including phenoxy) is 1. The molecule has 170 valence electrons. The maximum absolute atomic E-state index is 12.8. The molecule has 3 rings (SSSR count). The first-order valence-electron chi connectivity index (χ1n) is 10.8. The summed E-state index contributed by atoms with van der Waals surface area (Å²) < 4.78 is 5.51. The molecule has 0 bridgehead atoms. The second kappa shape index (κ2) is 10.6. The number of pyridine rings is 1. The van der Waals surface area contributed by atoms with Gasteiger partial charge in [0.25, 0.3) is 5.56 Å². The quantitative estimate of drug-likeness (QED) is 0.497. The Balaban J connectivity index is 1.84. The van der Waals surface area contributed by atoms with Crippen LogP contribution in [0.3, 0.4) is 0 Å². The number of hydrogen-bond acceptors (Lipinski definition) is 4. The molecule has 2 aromatic carbocycles. The van der Waals surface area contributed by atoms with E-state index in [4.69, 9.17) is 17.0 Å². The molecule has 2 N–H and O–H groups in total. The molecular weight excluding hydrogens is 420 g/mol. The lowest BCUT2D eigenvalue weighted by molar-refractivity contribution is 0.327. The Morgan fingerprint density at radius 2 is 1.81 bits per heavy atom. The Morgan fingerprint density at radius 1 is 1.09 bits per heavy atom. The first kappa shape index (κ1) is 23.8. The number of likely N-dealkylation sites (N-methyl/N-ethyl adjacent to an activating group) is 1. The predicted molar refractivity (Wildman–Crippen MR) is 137 cm³/mol. The van der Waals surface area contributed by atoms with Crippen molar-refractivity contribution in [1.82, 2.24) is 14.8 Å². The van der Waals surface area contributed by atoms with Crippen molar-refractivity contribution in [2.45, 2.75) is 27.3 Å². The summed E-state index contributed by atoms with van der Waals surface area (Å²) in [7, 11) is 4.05. The van der Waals surface area contributed by atoms with Crippen molar-refractivity contribution in [2.24, 2.45) is 0 Å². The first-order valence-corrected chi connectivity index (χ1v) is 11.2. The highest BCUT2D eigenvalue weighted by atomic mass is 32.1. The molecule has 6 nitrogen and oxygen atoms in total. The minimum Gasteiger partial charge on any atom is -0.494 e. The van der Waals surface area contributed by atoms with E-state index in [9.17, 15) is 4.79 Å². The van der Waals surface area contributed by atoms with Crippen molar-refractivity contribution < 1.29 is 4.74 Å². The number of H-pyrrole nitrogens is 1. The molecule has 0 saturated carbocycles. The van der Waals surface area contributed by atoms with Crippen LogP contribution >= 0.6 is 12.2 Å². The number of aromatic amines is 1. The van der Waals surface area contributed by atoms with Crippen LogP contribution < -0.4 is 15.6 Å². The lowest BCUT2D eigenvalue weighted by Gasteiger charge is -2.27. The van der Waals surface area contributed by atoms with E-state index in [0.29, 0.717) is 30.4 Å². The van der Waals surface area contributed by atoms with Crippen LogP contribution in [-0.2, 0) is 6.54 Å². The van der Waals surface area contributed by atoms with Crippen LogP contribution in [0.1, 0.15) is 23.6 Å². The number of aryl methyl sites for hydroxylation is 2. The summed E-state index contributed by atoms with van der Waals surface area (Å²) in [5.41, 5.74) is 4.64. The van der Waals surface area contributed by atoms with E-state index in [2.05, 4.69) is 28.2 Å². The van der Waals surface area contributed by atoms with E-state index in [1.54, 1.807) is 0 Å². The Bertz CT molecular complexity index is 1140. The predicted octanol–water partition coefficient (Wildman–Crippen LogP) is 4.30. The van der Waals surface area contributed by atoms with Crippen molar-refractivity contribution in [3.63, 3.8) is 0 Å². The third kappa shape index (κ3) is 6.08. The second-order valence-corrected chi connectivity index (χ2v) is 8.67. The fourth-order valence-electron chi connectivity index (χ4n) is 3.62. The number of aromatic nitrogens is 1. The van der Waals surface area contributed by atoms with Gasteiger partial charge in [-0.15, -0.1) is 0 Å². The van der Waals surface area contributed by atoms with Crippen molar-refractivity contribution in [2.75, 3.05) is 39.1 Å². The summed E-state index contributed by atoms with van der Waals surface area (Å²) in [5.74, 6) is 0.821. The zero-order valence-corrected chi connectivity index (χ0v) is 20.3. The first-order chi connectivity index (χ1) is 15.3. The lowest BCUT2D eigenvalue weighted by Crippen LogP contribution is -2.40. The fourth-order valence-corrected chi connectivity index (χ4v) is 3.89. The molecule has 0 aliphatic carbocycles. The van der Waals surface area contributed by atoms with E-state index in [-0.39, 0.29) is 5.56 Å². The largest absolute Gasteiger partial charge is 0.494 e. The monoisotopic (exact) mass is 452 g/mol. The molecule has 0 amide bonds. The van der Waals surface area contributed by atoms with E-state index in [0.717, 1.165) is 40.0 Å². The van der Waals surface area contributed by atoms with Gasteiger partial charge in [0.1, 0.15) is 5.75 Å². The Hall–Kier alpha value is -2.90. The van der Waals surface area contributed by atoms with Crippen molar-refractivity contribution >= 4 is 33.9 Å². The van der Waals surface area contributed by atoms with Crippen molar-refractivity contribution in [1.29, 1.82) is 0 Å². The highest BCUT2D eigenvalue weighted by Crippen LogP contribution is 2.20. The molecular formula is C25H32N4O2S. The Labute approximate surface area is 195 Å². The molecule has 0 fully saturated rings. The third-order valence-corrected chi connectivity index (χ3v) is 5.63. The molecule has 7 heteroatoms. The van der Waals surface area contributed by atoms with E-state index in [1.165, 1.54) is 0 Å². The van der Waals surface area contributed by atoms with Gasteiger partial charge in [-0.25, -0.2) is 0 Å². The lowest BCUT2D eigenvalue weighted by atomic mass is 10.0. The maximum Gasteiger partial charge on any atom is 0.253 e.